The van der Waals surface area contributed by atoms with Gasteiger partial charge in [-0.05, 0) is 55.3 Å². The zero-order valence-electron chi connectivity index (χ0n) is 18.4. The standard InChI is InChI=1S/C27H22N2O4/c1-4-13-32-19-9-7-18(8-10-19)24-23-25(30)20-14-16(2)5-11-21(20)33-26(23)27(31)29(24)22-12-6-17(3)15-28-22/h4-12,14-15,24H,1,13H2,2-3H3. The lowest BCUT2D eigenvalue weighted by molar-refractivity contribution is 0.0970. The average Bonchev–Trinajstić information content (AvgIpc) is 3.11. The van der Waals surface area contributed by atoms with Gasteiger partial charge in [0.15, 0.2) is 5.43 Å². The van der Waals surface area contributed by atoms with Crippen LogP contribution in [0.1, 0.15) is 38.9 Å². The molecule has 1 aliphatic heterocycles. The number of rotatable bonds is 5. The van der Waals surface area contributed by atoms with Crippen molar-refractivity contribution in [1.29, 1.82) is 0 Å². The molecule has 3 heterocycles. The lowest BCUT2D eigenvalue weighted by Crippen LogP contribution is -2.30. The molecule has 5 rings (SSSR count). The number of carbonyl (C=O) groups excluding carboxylic acids is 1. The summed E-state index contributed by atoms with van der Waals surface area (Å²) in [5.41, 5.74) is 3.17. The number of benzene rings is 2. The van der Waals surface area contributed by atoms with Crippen molar-refractivity contribution in [3.05, 3.63) is 112 Å². The van der Waals surface area contributed by atoms with Gasteiger partial charge in [-0.3, -0.25) is 14.5 Å². The van der Waals surface area contributed by atoms with Gasteiger partial charge in [-0.1, -0.05) is 42.5 Å². The van der Waals surface area contributed by atoms with Gasteiger partial charge in [-0.25, -0.2) is 4.98 Å². The zero-order chi connectivity index (χ0) is 23.1. The first-order valence-corrected chi connectivity index (χ1v) is 10.6. The van der Waals surface area contributed by atoms with E-state index in [9.17, 15) is 9.59 Å². The number of carbonyl (C=O) groups is 1. The number of anilines is 1. The minimum absolute atomic E-state index is 0.0516. The Labute approximate surface area is 190 Å². The van der Waals surface area contributed by atoms with Gasteiger partial charge in [-0.2, -0.15) is 0 Å². The van der Waals surface area contributed by atoms with Gasteiger partial charge < -0.3 is 9.15 Å². The lowest BCUT2D eigenvalue weighted by Gasteiger charge is -2.24. The molecule has 0 aliphatic carbocycles. The largest absolute Gasteiger partial charge is 0.490 e. The molecule has 6 nitrogen and oxygen atoms in total. The van der Waals surface area contributed by atoms with E-state index in [0.29, 0.717) is 34.7 Å². The molecule has 0 fully saturated rings. The topological polar surface area (TPSA) is 72.6 Å². The van der Waals surface area contributed by atoms with E-state index in [2.05, 4.69) is 11.6 Å². The van der Waals surface area contributed by atoms with Crippen molar-refractivity contribution < 1.29 is 13.9 Å². The smallest absolute Gasteiger partial charge is 0.296 e. The van der Waals surface area contributed by atoms with Gasteiger partial charge in [-0.15, -0.1) is 0 Å². The van der Waals surface area contributed by atoms with E-state index in [1.165, 1.54) is 4.90 Å². The van der Waals surface area contributed by atoms with Crippen molar-refractivity contribution in [1.82, 2.24) is 4.98 Å². The molecule has 33 heavy (non-hydrogen) atoms. The maximum absolute atomic E-state index is 13.6. The number of pyridine rings is 1. The Kier molecular flexibility index (Phi) is 5.05. The minimum atomic E-state index is -0.669. The first-order valence-electron chi connectivity index (χ1n) is 10.6. The molecule has 2 aromatic carbocycles. The highest BCUT2D eigenvalue weighted by molar-refractivity contribution is 6.10. The molecule has 1 aliphatic rings. The van der Waals surface area contributed by atoms with E-state index in [-0.39, 0.29) is 11.2 Å². The van der Waals surface area contributed by atoms with E-state index in [1.54, 1.807) is 30.5 Å². The molecule has 0 bridgehead atoms. The Morgan fingerprint density at radius 2 is 1.82 bits per heavy atom. The van der Waals surface area contributed by atoms with Crippen molar-refractivity contribution in [2.45, 2.75) is 19.9 Å². The number of hydrogen-bond donors (Lipinski definition) is 0. The normalized spacial score (nSPS) is 15.0. The summed E-state index contributed by atoms with van der Waals surface area (Å²) in [6, 6.07) is 15.7. The summed E-state index contributed by atoms with van der Waals surface area (Å²) in [5, 5.41) is 0.455. The first-order chi connectivity index (χ1) is 16.0. The summed E-state index contributed by atoms with van der Waals surface area (Å²) >= 11 is 0. The number of hydrogen-bond acceptors (Lipinski definition) is 5. The van der Waals surface area contributed by atoms with Crippen LogP contribution in [0.5, 0.6) is 5.75 Å². The van der Waals surface area contributed by atoms with Crippen LogP contribution in [0.2, 0.25) is 0 Å². The molecule has 2 aromatic heterocycles. The molecule has 0 N–H and O–H groups in total. The van der Waals surface area contributed by atoms with Crippen LogP contribution in [-0.2, 0) is 0 Å². The van der Waals surface area contributed by atoms with Crippen LogP contribution in [0.15, 0.2) is 82.7 Å². The molecule has 6 heteroatoms. The van der Waals surface area contributed by atoms with Crippen LogP contribution in [0.25, 0.3) is 11.0 Å². The van der Waals surface area contributed by atoms with Gasteiger partial charge >= 0.3 is 0 Å². The highest BCUT2D eigenvalue weighted by Crippen LogP contribution is 2.41. The maximum atomic E-state index is 13.6. The van der Waals surface area contributed by atoms with Crippen LogP contribution in [0.3, 0.4) is 0 Å². The van der Waals surface area contributed by atoms with Crippen LogP contribution < -0.4 is 15.1 Å². The van der Waals surface area contributed by atoms with Crippen LogP contribution >= 0.6 is 0 Å². The SMILES string of the molecule is C=CCOc1ccc(C2c3c(oc4ccc(C)cc4c3=O)C(=O)N2c2ccc(C)cn2)cc1. The Balaban J connectivity index is 1.72. The van der Waals surface area contributed by atoms with Gasteiger partial charge in [0.25, 0.3) is 5.91 Å². The molecular weight excluding hydrogens is 416 g/mol. The number of nitrogens with zero attached hydrogens (tertiary/aromatic N) is 2. The highest BCUT2D eigenvalue weighted by atomic mass is 16.5. The van der Waals surface area contributed by atoms with Gasteiger partial charge in [0.2, 0.25) is 5.76 Å². The number of aryl methyl sites for hydroxylation is 2. The number of amides is 1. The first kappa shape index (κ1) is 20.7. The van der Waals surface area contributed by atoms with E-state index < -0.39 is 11.9 Å². The molecule has 164 valence electrons. The van der Waals surface area contributed by atoms with Crippen LogP contribution in [-0.4, -0.2) is 17.5 Å². The fraction of sp³-hybridized carbons (Fsp3) is 0.148. The molecule has 0 spiro atoms. The predicted molar refractivity (Wildman–Crippen MR) is 127 cm³/mol. The van der Waals surface area contributed by atoms with Crippen molar-refractivity contribution in [2.75, 3.05) is 11.5 Å². The average molecular weight is 438 g/mol. The van der Waals surface area contributed by atoms with Crippen molar-refractivity contribution in [2.24, 2.45) is 0 Å². The van der Waals surface area contributed by atoms with Crippen molar-refractivity contribution in [3.8, 4) is 5.75 Å². The fourth-order valence-electron chi connectivity index (χ4n) is 4.14. The number of aromatic nitrogens is 1. The van der Waals surface area contributed by atoms with Gasteiger partial charge in [0.1, 0.15) is 23.8 Å². The van der Waals surface area contributed by atoms with E-state index in [4.69, 9.17) is 9.15 Å². The van der Waals surface area contributed by atoms with E-state index in [0.717, 1.165) is 16.7 Å². The third-order valence-corrected chi connectivity index (χ3v) is 5.73. The van der Waals surface area contributed by atoms with Gasteiger partial charge in [0, 0.05) is 6.20 Å². The minimum Gasteiger partial charge on any atom is -0.490 e. The Hall–Kier alpha value is -4.19. The maximum Gasteiger partial charge on any atom is 0.296 e. The second-order valence-corrected chi connectivity index (χ2v) is 8.11. The Bertz CT molecular complexity index is 1440. The van der Waals surface area contributed by atoms with E-state index in [1.807, 2.05) is 50.2 Å². The quantitative estimate of drug-likeness (QED) is 0.405. The predicted octanol–water partition coefficient (Wildman–Crippen LogP) is 5.12. The van der Waals surface area contributed by atoms with Crippen molar-refractivity contribution in [3.63, 3.8) is 0 Å². The number of ether oxygens (including phenoxy) is 1. The van der Waals surface area contributed by atoms with E-state index >= 15 is 0 Å². The summed E-state index contributed by atoms with van der Waals surface area (Å²) in [6.07, 6.45) is 3.37. The van der Waals surface area contributed by atoms with Crippen LogP contribution in [0.4, 0.5) is 5.82 Å². The summed E-state index contributed by atoms with van der Waals surface area (Å²) in [5.74, 6) is 0.784. The molecule has 0 saturated carbocycles. The summed E-state index contributed by atoms with van der Waals surface area (Å²) in [4.78, 5) is 33.2. The summed E-state index contributed by atoms with van der Waals surface area (Å²) in [7, 11) is 0. The number of fused-ring (bicyclic) bond motifs is 2. The molecule has 1 atom stereocenters. The molecule has 1 amide bonds. The Morgan fingerprint density at radius 1 is 1.06 bits per heavy atom. The molecule has 0 saturated heterocycles. The molecule has 0 radical (unpaired) electrons. The van der Waals surface area contributed by atoms with Crippen molar-refractivity contribution >= 4 is 22.7 Å². The molecular formula is C27H22N2O4. The monoisotopic (exact) mass is 438 g/mol. The summed E-state index contributed by atoms with van der Waals surface area (Å²) < 4.78 is 11.6. The zero-order valence-corrected chi connectivity index (χ0v) is 18.4. The Morgan fingerprint density at radius 3 is 2.52 bits per heavy atom. The molecule has 1 unspecified atom stereocenters. The third kappa shape index (κ3) is 3.49. The second-order valence-electron chi connectivity index (χ2n) is 8.11. The third-order valence-electron chi connectivity index (χ3n) is 5.73. The molecule has 4 aromatic rings. The van der Waals surface area contributed by atoms with Gasteiger partial charge in [0.05, 0.1) is 17.0 Å². The highest BCUT2D eigenvalue weighted by Gasteiger charge is 2.44. The lowest BCUT2D eigenvalue weighted by atomic mass is 9.98. The fourth-order valence-corrected chi connectivity index (χ4v) is 4.14. The second kappa shape index (κ2) is 8.06. The van der Waals surface area contributed by atoms with Crippen LogP contribution in [0, 0.1) is 13.8 Å². The summed E-state index contributed by atoms with van der Waals surface area (Å²) in [6.45, 7) is 7.89.